The van der Waals surface area contributed by atoms with Crippen molar-refractivity contribution in [1.29, 1.82) is 0 Å². The molecule has 0 aromatic rings. The summed E-state index contributed by atoms with van der Waals surface area (Å²) in [6, 6.07) is -0.383. The van der Waals surface area contributed by atoms with E-state index in [1.54, 1.807) is 6.34 Å². The van der Waals surface area contributed by atoms with Crippen molar-refractivity contribution in [1.82, 2.24) is 10.3 Å². The van der Waals surface area contributed by atoms with Gasteiger partial charge in [0.1, 0.15) is 24.2 Å². The molecule has 3 heterocycles. The number of ether oxygens (including phenoxy) is 1. The van der Waals surface area contributed by atoms with Gasteiger partial charge in [-0.2, -0.15) is 10.1 Å². The Morgan fingerprint density at radius 1 is 1.37 bits per heavy atom. The van der Waals surface area contributed by atoms with Gasteiger partial charge in [-0.25, -0.2) is 10.4 Å². The summed E-state index contributed by atoms with van der Waals surface area (Å²) < 4.78 is 5.72. The van der Waals surface area contributed by atoms with Crippen molar-refractivity contribution in [3.05, 3.63) is 0 Å². The van der Waals surface area contributed by atoms with Crippen LogP contribution in [-0.4, -0.2) is 76.7 Å². The van der Waals surface area contributed by atoms with E-state index in [4.69, 9.17) is 10.5 Å². The number of rotatable bonds is 4. The van der Waals surface area contributed by atoms with Gasteiger partial charge < -0.3 is 25.6 Å². The predicted molar refractivity (Wildman–Crippen MR) is 102 cm³/mol. The molecule has 1 saturated heterocycles. The van der Waals surface area contributed by atoms with Crippen molar-refractivity contribution in [2.24, 2.45) is 31.7 Å². The van der Waals surface area contributed by atoms with Gasteiger partial charge in [0.2, 0.25) is 5.96 Å². The van der Waals surface area contributed by atoms with Crippen LogP contribution >= 0.6 is 0 Å². The van der Waals surface area contributed by atoms with Crippen LogP contribution in [-0.2, 0) is 4.74 Å². The van der Waals surface area contributed by atoms with E-state index in [-0.39, 0.29) is 12.6 Å². The summed E-state index contributed by atoms with van der Waals surface area (Å²) in [5.41, 5.74) is 8.96. The molecule has 4 rings (SSSR count). The molecule has 0 aromatic carbocycles. The minimum atomic E-state index is -0.719. The third-order valence-electron chi connectivity index (χ3n) is 5.56. The van der Waals surface area contributed by atoms with E-state index in [1.807, 2.05) is 11.1 Å². The topological polar surface area (TPSA) is 140 Å². The molecule has 10 heteroatoms. The van der Waals surface area contributed by atoms with Crippen molar-refractivity contribution in [3.8, 4) is 0 Å². The first kappa shape index (κ1) is 18.3. The molecule has 0 radical (unpaired) electrons. The molecule has 5 N–H and O–H groups in total. The molecular weight excluding hydrogens is 350 g/mol. The van der Waals surface area contributed by atoms with Crippen LogP contribution in [0.15, 0.2) is 20.1 Å². The van der Waals surface area contributed by atoms with E-state index in [0.29, 0.717) is 24.1 Å². The van der Waals surface area contributed by atoms with Crippen molar-refractivity contribution in [2.45, 2.75) is 69.2 Å². The lowest BCUT2D eigenvalue weighted by Gasteiger charge is -2.31. The van der Waals surface area contributed by atoms with Gasteiger partial charge in [0.25, 0.3) is 0 Å². The molecule has 0 aromatic heterocycles. The number of guanidine groups is 1. The largest absolute Gasteiger partial charge is 0.394 e. The van der Waals surface area contributed by atoms with Gasteiger partial charge in [0, 0.05) is 12.6 Å². The smallest absolute Gasteiger partial charge is 0.242 e. The lowest BCUT2D eigenvalue weighted by Crippen LogP contribution is -2.49. The maximum Gasteiger partial charge on any atom is 0.242 e. The highest BCUT2D eigenvalue weighted by Gasteiger charge is 2.44. The number of hydrogen-bond donors (Lipinski definition) is 4. The summed E-state index contributed by atoms with van der Waals surface area (Å²) in [5, 5.41) is 23.6. The Labute approximate surface area is 157 Å². The molecule has 2 fully saturated rings. The first-order valence-corrected chi connectivity index (χ1v) is 9.62. The second-order valence-corrected chi connectivity index (χ2v) is 7.46. The van der Waals surface area contributed by atoms with Gasteiger partial charge in [-0.1, -0.05) is 19.3 Å². The maximum atomic E-state index is 9.99. The molecule has 1 saturated carbocycles. The Balaban J connectivity index is 1.42. The number of aliphatic imine (C=N–C) groups is 3. The average Bonchev–Trinajstić information content (AvgIpc) is 3.26. The summed E-state index contributed by atoms with van der Waals surface area (Å²) in [4.78, 5) is 15.0. The molecule has 10 nitrogen and oxygen atoms in total. The monoisotopic (exact) mass is 377 g/mol. The number of amidine groups is 1. The van der Waals surface area contributed by atoms with E-state index in [1.165, 1.54) is 32.1 Å². The number of nitrogens with two attached hydrogens (primary N) is 1. The SMILES string of the molecule is NC1=NC(N/N=C\C2CCCCC2)=NC2C1N=CN2C1C[C@H](O)C(CO)O1. The van der Waals surface area contributed by atoms with Crippen molar-refractivity contribution in [2.75, 3.05) is 6.61 Å². The second-order valence-electron chi connectivity index (χ2n) is 7.46. The number of nitrogens with one attached hydrogen (secondary N) is 1. The highest BCUT2D eigenvalue weighted by atomic mass is 16.5. The average molecular weight is 377 g/mol. The van der Waals surface area contributed by atoms with Gasteiger partial charge >= 0.3 is 0 Å². The molecule has 3 aliphatic heterocycles. The fourth-order valence-electron chi connectivity index (χ4n) is 4.01. The fourth-order valence-corrected chi connectivity index (χ4v) is 4.01. The molecule has 27 heavy (non-hydrogen) atoms. The Bertz CT molecular complexity index is 659. The molecular formula is C17H27N7O3. The van der Waals surface area contributed by atoms with E-state index in [0.717, 1.165) is 0 Å². The zero-order chi connectivity index (χ0) is 18.8. The van der Waals surface area contributed by atoms with Crippen molar-refractivity contribution in [3.63, 3.8) is 0 Å². The molecule has 0 spiro atoms. The van der Waals surface area contributed by atoms with Gasteiger partial charge in [-0.3, -0.25) is 4.99 Å². The standard InChI is InChI=1S/C17H27N7O3/c18-15-14-16(24(9-19-14)13-6-11(26)12(8-25)27-13)22-17(21-15)23-20-7-10-4-2-1-3-5-10/h7,9-14,16,25-26H,1-6,8H2,(H3,18,21,22,23)/b20-7-/t11-,12?,13?,14?,16?/m0/s1. The van der Waals surface area contributed by atoms with Crippen LogP contribution in [0, 0.1) is 5.92 Å². The predicted octanol–water partition coefficient (Wildman–Crippen LogP) is -0.624. The number of hydrazone groups is 1. The first-order valence-electron chi connectivity index (χ1n) is 9.62. The van der Waals surface area contributed by atoms with Crippen LogP contribution < -0.4 is 11.2 Å². The van der Waals surface area contributed by atoms with Gasteiger partial charge in [0.05, 0.1) is 19.0 Å². The van der Waals surface area contributed by atoms with Crippen LogP contribution in [0.5, 0.6) is 0 Å². The lowest BCUT2D eigenvalue weighted by molar-refractivity contribution is -0.0629. The summed E-state index contributed by atoms with van der Waals surface area (Å²) >= 11 is 0. The summed E-state index contributed by atoms with van der Waals surface area (Å²) in [6.45, 7) is -0.230. The Kier molecular flexibility index (Phi) is 5.37. The molecule has 0 amide bonds. The number of hydrogen-bond acceptors (Lipinski definition) is 10. The number of aliphatic hydroxyl groups is 2. The van der Waals surface area contributed by atoms with Crippen LogP contribution in [0.2, 0.25) is 0 Å². The fraction of sp³-hybridized carbons (Fsp3) is 0.765. The Hall–Kier alpha value is -2.04. The van der Waals surface area contributed by atoms with Gasteiger partial charge in [0.15, 0.2) is 6.17 Å². The molecule has 5 atom stereocenters. The molecule has 0 bridgehead atoms. The first-order chi connectivity index (χ1) is 13.2. The van der Waals surface area contributed by atoms with Crippen molar-refractivity contribution < 1.29 is 14.9 Å². The minimum Gasteiger partial charge on any atom is -0.394 e. The van der Waals surface area contributed by atoms with E-state index < -0.39 is 24.6 Å². The summed E-state index contributed by atoms with van der Waals surface area (Å²) in [7, 11) is 0. The van der Waals surface area contributed by atoms with Gasteiger partial charge in [-0.05, 0) is 18.8 Å². The normalized spacial score (nSPS) is 36.8. The van der Waals surface area contributed by atoms with E-state index >= 15 is 0 Å². The molecule has 148 valence electrons. The highest BCUT2D eigenvalue weighted by Crippen LogP contribution is 2.29. The zero-order valence-electron chi connectivity index (χ0n) is 15.2. The molecule has 4 unspecified atom stereocenters. The van der Waals surface area contributed by atoms with E-state index in [2.05, 4.69) is 25.5 Å². The Morgan fingerprint density at radius 2 is 2.19 bits per heavy atom. The summed E-state index contributed by atoms with van der Waals surface area (Å²) in [5.74, 6) is 1.20. The van der Waals surface area contributed by atoms with Crippen LogP contribution in [0.25, 0.3) is 0 Å². The zero-order valence-corrected chi connectivity index (χ0v) is 15.2. The van der Waals surface area contributed by atoms with E-state index in [9.17, 15) is 10.2 Å². The van der Waals surface area contributed by atoms with Crippen molar-refractivity contribution >= 4 is 24.3 Å². The third kappa shape index (κ3) is 3.83. The number of fused-ring (bicyclic) bond motifs is 1. The quantitative estimate of drug-likeness (QED) is 0.380. The summed E-state index contributed by atoms with van der Waals surface area (Å²) in [6.07, 6.45) is 7.95. The van der Waals surface area contributed by atoms with Gasteiger partial charge in [-0.15, -0.1) is 0 Å². The maximum absolute atomic E-state index is 9.99. The second kappa shape index (κ2) is 7.91. The lowest BCUT2D eigenvalue weighted by atomic mass is 9.90. The molecule has 1 aliphatic carbocycles. The minimum absolute atomic E-state index is 0.230. The highest BCUT2D eigenvalue weighted by molar-refractivity contribution is 6.01. The van der Waals surface area contributed by atoms with Crippen LogP contribution in [0.1, 0.15) is 38.5 Å². The van der Waals surface area contributed by atoms with Crippen LogP contribution in [0.3, 0.4) is 0 Å². The third-order valence-corrected chi connectivity index (χ3v) is 5.56. The number of aliphatic hydroxyl groups excluding tert-OH is 2. The molecule has 4 aliphatic rings. The Morgan fingerprint density at radius 3 is 2.93 bits per heavy atom. The number of nitrogens with zero attached hydrogens (tertiary/aromatic N) is 5. The van der Waals surface area contributed by atoms with Crippen LogP contribution in [0.4, 0.5) is 0 Å².